The lowest BCUT2D eigenvalue weighted by atomic mass is 10.2. The molecule has 2 aromatic carbocycles. The maximum Gasteiger partial charge on any atom is 0.168 e. The molecule has 0 aliphatic heterocycles. The van der Waals surface area contributed by atoms with Crippen molar-refractivity contribution >= 4 is 32.9 Å². The minimum absolute atomic E-state index is 0.208. The number of fused-ring (bicyclic) bond motifs is 1. The van der Waals surface area contributed by atoms with Gasteiger partial charge in [-0.2, -0.15) is 0 Å². The molecule has 22 heavy (non-hydrogen) atoms. The largest absolute Gasteiger partial charge is 0.508 e. The van der Waals surface area contributed by atoms with Crippen LogP contribution >= 0.6 is 11.3 Å². The Morgan fingerprint density at radius 1 is 1.23 bits per heavy atom. The molecule has 0 unspecified atom stereocenters. The van der Waals surface area contributed by atoms with Crippen molar-refractivity contribution in [3.05, 3.63) is 51.9 Å². The quantitative estimate of drug-likeness (QED) is 0.557. The molecule has 108 valence electrons. The molecular formula is C16H11N3O2S. The number of nitroso groups, excluding NO2 is 1. The molecular weight excluding hydrogens is 298 g/mol. The first-order valence-electron chi connectivity index (χ1n) is 6.46. The van der Waals surface area contributed by atoms with Crippen molar-refractivity contribution in [2.75, 3.05) is 12.4 Å². The molecule has 0 spiro atoms. The minimum Gasteiger partial charge on any atom is -0.508 e. The predicted octanol–water partition coefficient (Wildman–Crippen LogP) is 3.84. The van der Waals surface area contributed by atoms with E-state index in [1.807, 2.05) is 6.07 Å². The highest BCUT2D eigenvalue weighted by Crippen LogP contribution is 2.26. The first-order valence-corrected chi connectivity index (χ1v) is 7.28. The molecule has 2 N–H and O–H groups in total. The van der Waals surface area contributed by atoms with E-state index >= 15 is 0 Å². The van der Waals surface area contributed by atoms with Crippen molar-refractivity contribution in [1.29, 1.82) is 0 Å². The minimum atomic E-state index is 0.208. The summed E-state index contributed by atoms with van der Waals surface area (Å²) in [6, 6.07) is 10.2. The Hall–Kier alpha value is -2.91. The highest BCUT2D eigenvalue weighted by Gasteiger charge is 2.03. The molecule has 0 saturated carbocycles. The number of nitrogens with one attached hydrogen (secondary N) is 1. The third-order valence-electron chi connectivity index (χ3n) is 3.05. The molecule has 0 bridgehead atoms. The molecule has 3 rings (SSSR count). The lowest BCUT2D eigenvalue weighted by Crippen LogP contribution is -1.88. The highest BCUT2D eigenvalue weighted by atomic mass is 32.1. The van der Waals surface area contributed by atoms with Crippen LogP contribution in [0, 0.1) is 16.7 Å². The molecule has 1 aromatic heterocycles. The van der Waals surface area contributed by atoms with Crippen LogP contribution in [-0.2, 0) is 0 Å². The monoisotopic (exact) mass is 309 g/mol. The standard InChI is InChI=1S/C16H11N3O2S/c1-17-12-5-2-10(8-14(12)19-21)3-7-16-18-13-6-4-11(20)9-15(13)22-16/h2,4-6,8-9,17,20H,1H3. The number of thiazole rings is 1. The number of aromatic hydroxyl groups is 1. The van der Waals surface area contributed by atoms with Gasteiger partial charge in [-0.3, -0.25) is 0 Å². The smallest absolute Gasteiger partial charge is 0.168 e. The Labute approximate surface area is 130 Å². The van der Waals surface area contributed by atoms with Crippen LogP contribution in [0.25, 0.3) is 10.2 Å². The predicted molar refractivity (Wildman–Crippen MR) is 88.7 cm³/mol. The van der Waals surface area contributed by atoms with Gasteiger partial charge in [0.1, 0.15) is 11.4 Å². The van der Waals surface area contributed by atoms with E-state index in [1.165, 1.54) is 11.3 Å². The molecule has 0 fully saturated rings. The van der Waals surface area contributed by atoms with Crippen LogP contribution in [0.1, 0.15) is 10.6 Å². The van der Waals surface area contributed by atoms with E-state index in [0.717, 1.165) is 10.2 Å². The van der Waals surface area contributed by atoms with Gasteiger partial charge in [0.05, 0.1) is 15.9 Å². The average molecular weight is 309 g/mol. The van der Waals surface area contributed by atoms with Gasteiger partial charge in [0, 0.05) is 12.6 Å². The van der Waals surface area contributed by atoms with Crippen LogP contribution in [0.2, 0.25) is 0 Å². The Morgan fingerprint density at radius 3 is 2.86 bits per heavy atom. The summed E-state index contributed by atoms with van der Waals surface area (Å²) in [5, 5.41) is 16.0. The van der Waals surface area contributed by atoms with Crippen LogP contribution in [0.5, 0.6) is 5.75 Å². The van der Waals surface area contributed by atoms with Crippen LogP contribution in [0.4, 0.5) is 11.4 Å². The number of benzene rings is 2. The molecule has 0 atom stereocenters. The van der Waals surface area contributed by atoms with E-state index in [2.05, 4.69) is 27.3 Å². The Bertz CT molecular complexity index is 922. The van der Waals surface area contributed by atoms with E-state index in [4.69, 9.17) is 0 Å². The summed E-state index contributed by atoms with van der Waals surface area (Å²) in [6.45, 7) is 0. The number of anilines is 1. The maximum absolute atomic E-state index is 10.8. The Kier molecular flexibility index (Phi) is 3.73. The van der Waals surface area contributed by atoms with Gasteiger partial charge in [0.2, 0.25) is 0 Å². The number of phenolic OH excluding ortho intramolecular Hbond substituents is 1. The second-order valence-electron chi connectivity index (χ2n) is 4.49. The van der Waals surface area contributed by atoms with Gasteiger partial charge < -0.3 is 10.4 Å². The summed E-state index contributed by atoms with van der Waals surface area (Å²) in [7, 11) is 1.73. The molecule has 0 aliphatic rings. The molecule has 0 amide bonds. The van der Waals surface area contributed by atoms with E-state index in [1.54, 1.807) is 37.4 Å². The molecule has 0 aliphatic carbocycles. The van der Waals surface area contributed by atoms with Crippen molar-refractivity contribution in [1.82, 2.24) is 4.98 Å². The third-order valence-corrected chi connectivity index (χ3v) is 3.98. The van der Waals surface area contributed by atoms with Gasteiger partial charge in [-0.1, -0.05) is 5.92 Å². The van der Waals surface area contributed by atoms with Crippen molar-refractivity contribution in [3.63, 3.8) is 0 Å². The average Bonchev–Trinajstić information content (AvgIpc) is 2.94. The fraction of sp³-hybridized carbons (Fsp3) is 0.0625. The summed E-state index contributed by atoms with van der Waals surface area (Å²) in [5.41, 5.74) is 2.48. The van der Waals surface area contributed by atoms with Gasteiger partial charge in [0.25, 0.3) is 0 Å². The topological polar surface area (TPSA) is 74.6 Å². The van der Waals surface area contributed by atoms with Crippen LogP contribution in [-0.4, -0.2) is 17.1 Å². The summed E-state index contributed by atoms with van der Waals surface area (Å²) in [6.07, 6.45) is 0. The molecule has 5 nitrogen and oxygen atoms in total. The van der Waals surface area contributed by atoms with E-state index in [0.29, 0.717) is 21.9 Å². The molecule has 6 heteroatoms. The molecule has 0 saturated heterocycles. The second kappa shape index (κ2) is 5.84. The van der Waals surface area contributed by atoms with E-state index in [-0.39, 0.29) is 5.75 Å². The lowest BCUT2D eigenvalue weighted by Gasteiger charge is -2.01. The summed E-state index contributed by atoms with van der Waals surface area (Å²) in [4.78, 5) is 15.2. The van der Waals surface area contributed by atoms with Gasteiger partial charge in [-0.05, 0) is 47.5 Å². The number of phenols is 1. The van der Waals surface area contributed by atoms with Gasteiger partial charge in [-0.25, -0.2) is 4.98 Å². The number of nitrogens with zero attached hydrogens (tertiary/aromatic N) is 2. The fourth-order valence-electron chi connectivity index (χ4n) is 1.99. The Morgan fingerprint density at radius 2 is 2.09 bits per heavy atom. The summed E-state index contributed by atoms with van der Waals surface area (Å²) < 4.78 is 0.880. The van der Waals surface area contributed by atoms with Gasteiger partial charge in [-0.15, -0.1) is 16.2 Å². The maximum atomic E-state index is 10.8. The summed E-state index contributed by atoms with van der Waals surface area (Å²) in [5.74, 6) is 6.15. The zero-order chi connectivity index (χ0) is 15.5. The first-order chi connectivity index (χ1) is 10.7. The van der Waals surface area contributed by atoms with E-state index in [9.17, 15) is 10.0 Å². The lowest BCUT2D eigenvalue weighted by molar-refractivity contribution is 0.476. The number of hydrogen-bond acceptors (Lipinski definition) is 6. The number of aromatic nitrogens is 1. The SMILES string of the molecule is CNc1ccc(C#Cc2nc3ccc(O)cc3s2)cc1N=O. The van der Waals surface area contributed by atoms with Crippen molar-refractivity contribution < 1.29 is 5.11 Å². The van der Waals surface area contributed by atoms with Crippen molar-refractivity contribution in [2.45, 2.75) is 0 Å². The zero-order valence-corrected chi connectivity index (χ0v) is 12.4. The fourth-order valence-corrected chi connectivity index (χ4v) is 2.84. The van der Waals surface area contributed by atoms with E-state index < -0.39 is 0 Å². The highest BCUT2D eigenvalue weighted by molar-refractivity contribution is 7.19. The van der Waals surface area contributed by atoms with Crippen molar-refractivity contribution in [2.24, 2.45) is 5.18 Å². The molecule has 0 radical (unpaired) electrons. The third kappa shape index (κ3) is 2.75. The number of rotatable bonds is 2. The molecule has 1 heterocycles. The molecule has 3 aromatic rings. The zero-order valence-electron chi connectivity index (χ0n) is 11.6. The Balaban J connectivity index is 1.95. The van der Waals surface area contributed by atoms with Gasteiger partial charge >= 0.3 is 0 Å². The second-order valence-corrected chi connectivity index (χ2v) is 5.52. The summed E-state index contributed by atoms with van der Waals surface area (Å²) >= 11 is 1.41. The first kappa shape index (κ1) is 14.0. The number of hydrogen-bond donors (Lipinski definition) is 2. The van der Waals surface area contributed by atoms with Crippen LogP contribution in [0.3, 0.4) is 0 Å². The van der Waals surface area contributed by atoms with Crippen LogP contribution < -0.4 is 5.32 Å². The van der Waals surface area contributed by atoms with Crippen molar-refractivity contribution in [3.8, 4) is 17.6 Å². The van der Waals surface area contributed by atoms with Crippen LogP contribution in [0.15, 0.2) is 41.6 Å². The van der Waals surface area contributed by atoms with Gasteiger partial charge in [0.15, 0.2) is 5.01 Å². The normalized spacial score (nSPS) is 10.0.